The minimum atomic E-state index is -0.208. The summed E-state index contributed by atoms with van der Waals surface area (Å²) in [6.45, 7) is 10.8. The Morgan fingerprint density at radius 3 is 2.71 bits per heavy atom. The Morgan fingerprint density at radius 2 is 2.06 bits per heavy atom. The molecule has 1 unspecified atom stereocenters. The quantitative estimate of drug-likeness (QED) is 0.715. The van der Waals surface area contributed by atoms with Gasteiger partial charge in [-0.25, -0.2) is 4.98 Å². The van der Waals surface area contributed by atoms with Crippen LogP contribution in [0.4, 0.5) is 0 Å². The van der Waals surface area contributed by atoms with E-state index >= 15 is 0 Å². The number of aryl methyl sites for hydroxylation is 3. The van der Waals surface area contributed by atoms with E-state index in [-0.39, 0.29) is 17.2 Å². The summed E-state index contributed by atoms with van der Waals surface area (Å²) in [7, 11) is 0. The molecule has 8 heteroatoms. The number of aromatic nitrogens is 1. The van der Waals surface area contributed by atoms with Crippen molar-refractivity contribution in [3.05, 3.63) is 46.7 Å². The highest BCUT2D eigenvalue weighted by molar-refractivity contribution is 5.93. The maximum absolute atomic E-state index is 12.7. The van der Waals surface area contributed by atoms with Gasteiger partial charge in [-0.2, -0.15) is 0 Å². The summed E-state index contributed by atoms with van der Waals surface area (Å²) < 4.78 is 11.1. The smallest absolute Gasteiger partial charge is 0.291 e. The van der Waals surface area contributed by atoms with Gasteiger partial charge in [-0.15, -0.1) is 0 Å². The molecule has 3 heterocycles. The maximum atomic E-state index is 12.7. The van der Waals surface area contributed by atoms with Crippen molar-refractivity contribution in [1.82, 2.24) is 15.2 Å². The SMILES string of the molecule is C=N/C=C\c1cc(C(=O)NCC2CC23CCN(C(=O)c2oc(C)nc2C)CC3)oc1C. The maximum Gasteiger partial charge on any atom is 0.291 e. The number of nitrogens with one attached hydrogen (secondary N) is 1. The zero-order valence-electron chi connectivity index (χ0n) is 18.2. The lowest BCUT2D eigenvalue weighted by Crippen LogP contribution is -2.40. The summed E-state index contributed by atoms with van der Waals surface area (Å²) >= 11 is 0. The highest BCUT2D eigenvalue weighted by Gasteiger charge is 2.55. The second-order valence-corrected chi connectivity index (χ2v) is 8.53. The summed E-state index contributed by atoms with van der Waals surface area (Å²) in [4.78, 5) is 34.9. The highest BCUT2D eigenvalue weighted by atomic mass is 16.4. The number of rotatable bonds is 6. The molecule has 8 nitrogen and oxygen atoms in total. The lowest BCUT2D eigenvalue weighted by Gasteiger charge is -2.32. The normalized spacial score (nSPS) is 19.7. The van der Waals surface area contributed by atoms with Crippen LogP contribution in [0.3, 0.4) is 0 Å². The molecule has 1 saturated carbocycles. The van der Waals surface area contributed by atoms with Gasteiger partial charge in [0.15, 0.2) is 11.7 Å². The number of carbonyl (C=O) groups excluding carboxylic acids is 2. The molecule has 164 valence electrons. The first-order valence-electron chi connectivity index (χ1n) is 10.6. The number of piperidine rings is 1. The third kappa shape index (κ3) is 4.19. The Morgan fingerprint density at radius 1 is 1.32 bits per heavy atom. The Hall–Kier alpha value is -3.16. The van der Waals surface area contributed by atoms with E-state index in [0.717, 1.165) is 24.8 Å². The average Bonchev–Trinajstić information content (AvgIpc) is 3.07. The number of nitrogens with zero attached hydrogens (tertiary/aromatic N) is 3. The van der Waals surface area contributed by atoms with Crippen molar-refractivity contribution in [2.24, 2.45) is 16.3 Å². The third-order valence-corrected chi connectivity index (χ3v) is 6.55. The summed E-state index contributed by atoms with van der Waals surface area (Å²) in [5.41, 5.74) is 1.68. The van der Waals surface area contributed by atoms with Crippen LogP contribution in [0.25, 0.3) is 6.08 Å². The van der Waals surface area contributed by atoms with E-state index in [0.29, 0.717) is 54.4 Å². The zero-order valence-corrected chi connectivity index (χ0v) is 18.2. The number of aliphatic imine (C=N–C) groups is 1. The molecule has 2 fully saturated rings. The van der Waals surface area contributed by atoms with Crippen LogP contribution < -0.4 is 5.32 Å². The fourth-order valence-corrected chi connectivity index (χ4v) is 4.57. The van der Waals surface area contributed by atoms with Gasteiger partial charge in [-0.3, -0.25) is 14.6 Å². The largest absolute Gasteiger partial charge is 0.456 e. The molecular weight excluding hydrogens is 396 g/mol. The lowest BCUT2D eigenvalue weighted by molar-refractivity contribution is 0.0634. The van der Waals surface area contributed by atoms with Crippen molar-refractivity contribution in [2.75, 3.05) is 19.6 Å². The molecule has 2 amide bonds. The van der Waals surface area contributed by atoms with Gasteiger partial charge in [-0.05, 0) is 63.3 Å². The van der Waals surface area contributed by atoms with Crippen molar-refractivity contribution in [1.29, 1.82) is 0 Å². The molecule has 1 aliphatic heterocycles. The summed E-state index contributed by atoms with van der Waals surface area (Å²) in [6.07, 6.45) is 6.28. The summed E-state index contributed by atoms with van der Waals surface area (Å²) in [5, 5.41) is 3.00. The van der Waals surface area contributed by atoms with Crippen LogP contribution in [0.2, 0.25) is 0 Å². The van der Waals surface area contributed by atoms with Crippen molar-refractivity contribution >= 4 is 24.6 Å². The predicted octanol–water partition coefficient (Wildman–Crippen LogP) is 3.54. The molecular formula is C23H28N4O4. The molecule has 1 N–H and O–H groups in total. The van der Waals surface area contributed by atoms with Gasteiger partial charge in [-0.1, -0.05) is 0 Å². The first kappa shape index (κ1) is 21.1. The van der Waals surface area contributed by atoms with E-state index in [1.54, 1.807) is 32.2 Å². The second kappa shape index (κ2) is 8.17. The number of amides is 2. The van der Waals surface area contributed by atoms with E-state index < -0.39 is 0 Å². The molecule has 1 aliphatic carbocycles. The summed E-state index contributed by atoms with van der Waals surface area (Å²) in [5.74, 6) is 1.97. The number of oxazole rings is 1. The topological polar surface area (TPSA) is 101 Å². The van der Waals surface area contributed by atoms with Gasteiger partial charge < -0.3 is 19.1 Å². The fraction of sp³-hybridized carbons (Fsp3) is 0.478. The van der Waals surface area contributed by atoms with Gasteiger partial charge >= 0.3 is 0 Å². The number of hydrogen-bond donors (Lipinski definition) is 1. The van der Waals surface area contributed by atoms with Crippen molar-refractivity contribution < 1.29 is 18.4 Å². The molecule has 1 spiro atoms. The summed E-state index contributed by atoms with van der Waals surface area (Å²) in [6, 6.07) is 1.71. The minimum Gasteiger partial charge on any atom is -0.456 e. The standard InChI is InChI=1S/C23H28N4O4/c1-14-20(31-16(3)26-14)22(29)27-9-6-23(7-10-27)12-18(23)13-25-21(28)19-11-17(5-8-24-4)15(2)30-19/h5,8,11,18H,4,6-7,9-10,12-13H2,1-3H3,(H,25,28)/b8-5-. The average molecular weight is 425 g/mol. The Kier molecular flexibility index (Phi) is 5.56. The molecule has 31 heavy (non-hydrogen) atoms. The molecule has 1 atom stereocenters. The van der Waals surface area contributed by atoms with Gasteiger partial charge in [0.1, 0.15) is 5.76 Å². The van der Waals surface area contributed by atoms with E-state index in [2.05, 4.69) is 22.0 Å². The van der Waals surface area contributed by atoms with E-state index in [1.165, 1.54) is 0 Å². The van der Waals surface area contributed by atoms with Crippen molar-refractivity contribution in [3.63, 3.8) is 0 Å². The second-order valence-electron chi connectivity index (χ2n) is 8.53. The first-order chi connectivity index (χ1) is 14.8. The molecule has 2 aliphatic rings. The highest BCUT2D eigenvalue weighted by Crippen LogP contribution is 2.59. The molecule has 0 aromatic carbocycles. The van der Waals surface area contributed by atoms with E-state index in [1.807, 2.05) is 11.8 Å². The molecule has 0 bridgehead atoms. The minimum absolute atomic E-state index is 0.0804. The number of carbonyl (C=O) groups is 2. The zero-order chi connectivity index (χ0) is 22.2. The lowest BCUT2D eigenvalue weighted by atomic mass is 9.90. The van der Waals surface area contributed by atoms with Gasteiger partial charge in [0, 0.05) is 38.3 Å². The monoisotopic (exact) mass is 424 g/mol. The molecule has 4 rings (SSSR count). The number of hydrogen-bond acceptors (Lipinski definition) is 6. The van der Waals surface area contributed by atoms with E-state index in [9.17, 15) is 9.59 Å². The van der Waals surface area contributed by atoms with E-state index in [4.69, 9.17) is 8.83 Å². The molecule has 0 radical (unpaired) electrons. The van der Waals surface area contributed by atoms with Crippen LogP contribution in [0.1, 0.15) is 63.3 Å². The van der Waals surface area contributed by atoms with Crippen LogP contribution in [0.5, 0.6) is 0 Å². The Labute approximate surface area is 181 Å². The van der Waals surface area contributed by atoms with Crippen molar-refractivity contribution in [3.8, 4) is 0 Å². The van der Waals surface area contributed by atoms with Gasteiger partial charge in [0.25, 0.3) is 11.8 Å². The van der Waals surface area contributed by atoms with Gasteiger partial charge in [0.05, 0.1) is 5.69 Å². The van der Waals surface area contributed by atoms with Crippen LogP contribution >= 0.6 is 0 Å². The van der Waals surface area contributed by atoms with Gasteiger partial charge in [0.2, 0.25) is 5.76 Å². The van der Waals surface area contributed by atoms with Crippen LogP contribution in [-0.4, -0.2) is 48.1 Å². The Bertz CT molecular complexity index is 1040. The first-order valence-corrected chi connectivity index (χ1v) is 10.6. The molecule has 2 aromatic heterocycles. The molecule has 1 saturated heterocycles. The van der Waals surface area contributed by atoms with Crippen LogP contribution in [-0.2, 0) is 0 Å². The Balaban J connectivity index is 1.28. The van der Waals surface area contributed by atoms with Crippen LogP contribution in [0, 0.1) is 32.1 Å². The predicted molar refractivity (Wildman–Crippen MR) is 116 cm³/mol. The number of likely N-dealkylation sites (tertiary alicyclic amines) is 1. The fourth-order valence-electron chi connectivity index (χ4n) is 4.57. The number of furan rings is 1. The third-order valence-electron chi connectivity index (χ3n) is 6.55. The van der Waals surface area contributed by atoms with Crippen molar-refractivity contribution in [2.45, 2.75) is 40.0 Å². The molecule has 2 aromatic rings. The van der Waals surface area contributed by atoms with Crippen LogP contribution in [0.15, 0.2) is 26.1 Å².